The lowest BCUT2D eigenvalue weighted by Gasteiger charge is -2.45. The van der Waals surface area contributed by atoms with E-state index in [1.165, 1.54) is 5.69 Å². The molecule has 2 aromatic rings. The minimum absolute atomic E-state index is 0.400. The van der Waals surface area contributed by atoms with Crippen molar-refractivity contribution in [2.24, 2.45) is 4.99 Å². The molecule has 0 unspecified atom stereocenters. The normalized spacial score (nSPS) is 19.7. The monoisotopic (exact) mass is 392 g/mol. The third kappa shape index (κ3) is 4.04. The number of aliphatic imine (C=N–C) groups is 1. The van der Waals surface area contributed by atoms with Crippen LogP contribution >= 0.6 is 0 Å². The fourth-order valence-corrected chi connectivity index (χ4v) is 3.93. The predicted molar refractivity (Wildman–Crippen MR) is 116 cm³/mol. The van der Waals surface area contributed by atoms with Crippen molar-refractivity contribution < 1.29 is 4.74 Å². The Balaban J connectivity index is 1.53. The quantitative estimate of drug-likeness (QED) is 0.798. The summed E-state index contributed by atoms with van der Waals surface area (Å²) in [4.78, 5) is 20.5. The second-order valence-corrected chi connectivity index (χ2v) is 7.38. The molecule has 4 rings (SSSR count). The van der Waals surface area contributed by atoms with Crippen LogP contribution in [-0.4, -0.2) is 72.1 Å². The summed E-state index contributed by atoms with van der Waals surface area (Å²) < 4.78 is 5.29. The lowest BCUT2D eigenvalue weighted by molar-refractivity contribution is 0.244. The van der Waals surface area contributed by atoms with Gasteiger partial charge in [-0.2, -0.15) is 0 Å². The number of likely N-dealkylation sites (N-methyl/N-ethyl adjacent to an activating group) is 1. The van der Waals surface area contributed by atoms with Gasteiger partial charge in [-0.25, -0.2) is 15.0 Å². The molecule has 1 fully saturated rings. The number of benzene rings is 1. The van der Waals surface area contributed by atoms with Crippen LogP contribution in [0.25, 0.3) is 5.70 Å². The van der Waals surface area contributed by atoms with Crippen LogP contribution in [0.4, 0.5) is 5.69 Å². The van der Waals surface area contributed by atoms with Gasteiger partial charge in [-0.3, -0.25) is 0 Å². The Morgan fingerprint density at radius 1 is 1.14 bits per heavy atom. The first-order chi connectivity index (χ1) is 14.2. The Morgan fingerprint density at radius 2 is 1.97 bits per heavy atom. The predicted octanol–water partition coefficient (Wildman–Crippen LogP) is 2.73. The summed E-state index contributed by atoms with van der Waals surface area (Å²) in [6.07, 6.45) is 6.53. The number of guanidine groups is 1. The maximum absolute atomic E-state index is 5.29. The second kappa shape index (κ2) is 8.51. The molecule has 0 aliphatic carbocycles. The largest absolute Gasteiger partial charge is 0.497 e. The third-order valence-corrected chi connectivity index (χ3v) is 5.61. The van der Waals surface area contributed by atoms with Crippen molar-refractivity contribution >= 4 is 17.3 Å². The van der Waals surface area contributed by atoms with Gasteiger partial charge in [0.15, 0.2) is 0 Å². The van der Waals surface area contributed by atoms with Crippen LogP contribution in [0.3, 0.4) is 0 Å². The van der Waals surface area contributed by atoms with Gasteiger partial charge < -0.3 is 19.4 Å². The molecule has 152 valence electrons. The summed E-state index contributed by atoms with van der Waals surface area (Å²) in [5.74, 6) is 1.92. The van der Waals surface area contributed by atoms with Crippen LogP contribution in [0, 0.1) is 0 Å². The van der Waals surface area contributed by atoms with Gasteiger partial charge in [-0.1, -0.05) is 6.92 Å². The van der Waals surface area contributed by atoms with Crippen LogP contribution in [-0.2, 0) is 0 Å². The zero-order chi connectivity index (χ0) is 20.2. The zero-order valence-corrected chi connectivity index (χ0v) is 17.3. The summed E-state index contributed by atoms with van der Waals surface area (Å²) in [5.41, 5.74) is 3.04. The Kier molecular flexibility index (Phi) is 5.64. The molecule has 0 bridgehead atoms. The number of methoxy groups -OCH3 is 1. The van der Waals surface area contributed by atoms with Gasteiger partial charge in [0.25, 0.3) is 0 Å². The van der Waals surface area contributed by atoms with E-state index in [0.717, 1.165) is 55.7 Å². The van der Waals surface area contributed by atoms with Crippen molar-refractivity contribution in [1.82, 2.24) is 19.8 Å². The standard InChI is InChI=1S/C22H28N6O/c1-4-17-15-27(18-5-7-19(29-3)8-6-18)13-14-28(17)22-25-21(10-12-26(22)2)20-9-11-23-16-24-20/h5-11,16-17H,4,12-15H2,1-3H3/t17-/m1/s1. The van der Waals surface area contributed by atoms with Crippen molar-refractivity contribution in [2.75, 3.05) is 45.2 Å². The number of nitrogens with zero attached hydrogens (tertiary/aromatic N) is 6. The minimum Gasteiger partial charge on any atom is -0.497 e. The van der Waals surface area contributed by atoms with E-state index in [0.29, 0.717) is 6.04 Å². The number of rotatable bonds is 4. The Bertz CT molecular complexity index is 880. The lowest BCUT2D eigenvalue weighted by Crippen LogP contribution is -2.58. The van der Waals surface area contributed by atoms with Crippen molar-refractivity contribution in [3.05, 3.63) is 54.6 Å². The smallest absolute Gasteiger partial charge is 0.202 e. The molecule has 1 aromatic carbocycles. The highest BCUT2D eigenvalue weighted by Crippen LogP contribution is 2.26. The Hall–Kier alpha value is -3.09. The van der Waals surface area contributed by atoms with Crippen LogP contribution in [0.1, 0.15) is 19.0 Å². The molecule has 1 atom stereocenters. The van der Waals surface area contributed by atoms with E-state index in [1.54, 1.807) is 19.6 Å². The van der Waals surface area contributed by atoms with Gasteiger partial charge in [-0.15, -0.1) is 0 Å². The third-order valence-electron chi connectivity index (χ3n) is 5.61. The molecule has 0 N–H and O–H groups in total. The fourth-order valence-electron chi connectivity index (χ4n) is 3.93. The molecule has 1 saturated heterocycles. The van der Waals surface area contributed by atoms with Gasteiger partial charge in [0.2, 0.25) is 5.96 Å². The van der Waals surface area contributed by atoms with Gasteiger partial charge >= 0.3 is 0 Å². The summed E-state index contributed by atoms with van der Waals surface area (Å²) in [6, 6.07) is 10.7. The molecule has 1 aromatic heterocycles. The number of hydrogen-bond donors (Lipinski definition) is 0. The summed E-state index contributed by atoms with van der Waals surface area (Å²) in [5, 5.41) is 0. The number of piperazine rings is 1. The first kappa shape index (κ1) is 19.2. The van der Waals surface area contributed by atoms with Crippen LogP contribution in [0.2, 0.25) is 0 Å². The highest BCUT2D eigenvalue weighted by molar-refractivity contribution is 5.88. The van der Waals surface area contributed by atoms with Gasteiger partial charge in [0, 0.05) is 51.2 Å². The maximum Gasteiger partial charge on any atom is 0.202 e. The van der Waals surface area contributed by atoms with E-state index < -0.39 is 0 Å². The average Bonchev–Trinajstić information content (AvgIpc) is 2.79. The van der Waals surface area contributed by atoms with Crippen molar-refractivity contribution in [3.8, 4) is 5.75 Å². The molecule has 0 saturated carbocycles. The van der Waals surface area contributed by atoms with E-state index in [1.807, 2.05) is 18.2 Å². The topological polar surface area (TPSA) is 57.1 Å². The van der Waals surface area contributed by atoms with E-state index in [-0.39, 0.29) is 0 Å². The molecule has 2 aliphatic heterocycles. The maximum atomic E-state index is 5.29. The van der Waals surface area contributed by atoms with Gasteiger partial charge in [-0.05, 0) is 42.8 Å². The number of hydrogen-bond acceptors (Lipinski definition) is 7. The minimum atomic E-state index is 0.400. The molecule has 2 aliphatic rings. The molecule has 0 amide bonds. The number of aromatic nitrogens is 2. The number of anilines is 1. The Morgan fingerprint density at radius 3 is 2.66 bits per heavy atom. The molecular formula is C22H28N6O. The van der Waals surface area contributed by atoms with Crippen LogP contribution in [0.15, 0.2) is 53.9 Å². The summed E-state index contributed by atoms with van der Waals surface area (Å²) >= 11 is 0. The molecule has 29 heavy (non-hydrogen) atoms. The molecule has 0 radical (unpaired) electrons. The lowest BCUT2D eigenvalue weighted by atomic mass is 10.1. The van der Waals surface area contributed by atoms with Crippen molar-refractivity contribution in [3.63, 3.8) is 0 Å². The first-order valence-electron chi connectivity index (χ1n) is 10.1. The molecular weight excluding hydrogens is 364 g/mol. The van der Waals surface area contributed by atoms with Gasteiger partial charge in [0.05, 0.1) is 18.5 Å². The van der Waals surface area contributed by atoms with Crippen LogP contribution in [0.5, 0.6) is 5.75 Å². The van der Waals surface area contributed by atoms with E-state index in [4.69, 9.17) is 9.73 Å². The molecule has 0 spiro atoms. The van der Waals surface area contributed by atoms with Crippen molar-refractivity contribution in [1.29, 1.82) is 0 Å². The SMILES string of the molecule is CC[C@@H]1CN(c2ccc(OC)cc2)CCN1C1=NC(c2ccncn2)=CCN1C. The highest BCUT2D eigenvalue weighted by Gasteiger charge is 2.31. The van der Waals surface area contributed by atoms with E-state index in [9.17, 15) is 0 Å². The fraction of sp³-hybridized carbons (Fsp3) is 0.409. The molecule has 7 nitrogen and oxygen atoms in total. The molecule has 3 heterocycles. The second-order valence-electron chi connectivity index (χ2n) is 7.38. The van der Waals surface area contributed by atoms with Gasteiger partial charge in [0.1, 0.15) is 12.1 Å². The zero-order valence-electron chi connectivity index (χ0n) is 17.3. The van der Waals surface area contributed by atoms with Crippen LogP contribution < -0.4 is 9.64 Å². The average molecular weight is 393 g/mol. The van der Waals surface area contributed by atoms with E-state index in [2.05, 4.69) is 56.8 Å². The Labute approximate surface area is 172 Å². The molecule has 7 heteroatoms. The first-order valence-corrected chi connectivity index (χ1v) is 10.1. The van der Waals surface area contributed by atoms with E-state index >= 15 is 0 Å². The summed E-state index contributed by atoms with van der Waals surface area (Å²) in [6.45, 7) is 5.95. The van der Waals surface area contributed by atoms with Crippen molar-refractivity contribution in [2.45, 2.75) is 19.4 Å². The summed E-state index contributed by atoms with van der Waals surface area (Å²) in [7, 11) is 3.81. The number of ether oxygens (including phenoxy) is 1. The highest BCUT2D eigenvalue weighted by atomic mass is 16.5.